The number of alkyl halides is 2. The molecule has 0 aliphatic carbocycles. The van der Waals surface area contributed by atoms with Gasteiger partial charge in [-0.2, -0.15) is 5.10 Å². The van der Waals surface area contributed by atoms with E-state index in [1.54, 1.807) is 6.92 Å². The Balaban J connectivity index is 1.65. The number of pyridine rings is 1. The second kappa shape index (κ2) is 7.49. The van der Waals surface area contributed by atoms with Crippen molar-refractivity contribution in [1.82, 2.24) is 14.8 Å². The van der Waals surface area contributed by atoms with Gasteiger partial charge >= 0.3 is 0 Å². The number of nitrogens with zero attached hydrogens (tertiary/aromatic N) is 4. The molecule has 1 amide bonds. The normalized spacial score (nSPS) is 17.9. The third-order valence-corrected chi connectivity index (χ3v) is 4.87. The summed E-state index contributed by atoms with van der Waals surface area (Å²) in [4.78, 5) is 20.4. The smallest absolute Gasteiger partial charge is 0.282 e. The van der Waals surface area contributed by atoms with Gasteiger partial charge in [-0.25, -0.2) is 22.5 Å². The lowest BCUT2D eigenvalue weighted by Crippen LogP contribution is -2.38. The molecule has 1 atom stereocenters. The van der Waals surface area contributed by atoms with E-state index >= 15 is 0 Å². The molecule has 3 aromatic rings. The summed E-state index contributed by atoms with van der Waals surface area (Å²) >= 11 is 0. The summed E-state index contributed by atoms with van der Waals surface area (Å²) in [5.74, 6) is -1.89. The van der Waals surface area contributed by atoms with Crippen molar-refractivity contribution in [3.8, 4) is 0 Å². The summed E-state index contributed by atoms with van der Waals surface area (Å²) in [5.41, 5.74) is 4.74. The monoisotopic (exact) mass is 432 g/mol. The number of carbonyl (C=O) groups excluding carboxylic acids is 1. The maximum atomic E-state index is 14.7. The molecule has 2 aromatic heterocycles. The highest BCUT2D eigenvalue weighted by molar-refractivity contribution is 6.02. The Morgan fingerprint density at radius 1 is 1.23 bits per heavy atom. The van der Waals surface area contributed by atoms with Crippen molar-refractivity contribution < 1.29 is 22.4 Å². The van der Waals surface area contributed by atoms with Gasteiger partial charge in [0.25, 0.3) is 12.3 Å². The molecule has 1 aromatic carbocycles. The van der Waals surface area contributed by atoms with Crippen LogP contribution >= 0.6 is 0 Å². The van der Waals surface area contributed by atoms with Gasteiger partial charge in [-0.1, -0.05) is 0 Å². The molecule has 0 fully saturated rings. The van der Waals surface area contributed by atoms with E-state index in [0.717, 1.165) is 24.4 Å². The molecule has 0 saturated carbocycles. The molecular weight excluding hydrogens is 416 g/mol. The number of hydrogen-bond acceptors (Lipinski definition) is 5. The minimum atomic E-state index is -2.78. The van der Waals surface area contributed by atoms with Crippen LogP contribution in [-0.4, -0.2) is 26.5 Å². The molecular formula is C20H16F4N6O. The molecule has 0 saturated heterocycles. The lowest BCUT2D eigenvalue weighted by molar-refractivity contribution is 0.102. The number of hydrogen-bond donors (Lipinski definition) is 2. The maximum absolute atomic E-state index is 14.7. The van der Waals surface area contributed by atoms with Crippen molar-refractivity contribution in [3.63, 3.8) is 0 Å². The third kappa shape index (κ3) is 3.86. The molecule has 0 spiro atoms. The van der Waals surface area contributed by atoms with Crippen LogP contribution in [0, 0.1) is 11.6 Å². The van der Waals surface area contributed by atoms with Crippen LogP contribution in [0.25, 0.3) is 0 Å². The highest BCUT2D eigenvalue weighted by Crippen LogP contribution is 2.35. The molecule has 160 valence electrons. The summed E-state index contributed by atoms with van der Waals surface area (Å²) in [5, 5.41) is 6.40. The first-order valence-electron chi connectivity index (χ1n) is 9.11. The van der Waals surface area contributed by atoms with Crippen LogP contribution in [0.3, 0.4) is 0 Å². The van der Waals surface area contributed by atoms with E-state index in [0.29, 0.717) is 0 Å². The van der Waals surface area contributed by atoms with E-state index in [1.165, 1.54) is 22.9 Å². The van der Waals surface area contributed by atoms with Gasteiger partial charge < -0.3 is 11.1 Å². The van der Waals surface area contributed by atoms with Gasteiger partial charge in [-0.05, 0) is 43.3 Å². The second-order valence-corrected chi connectivity index (χ2v) is 7.19. The highest BCUT2D eigenvalue weighted by atomic mass is 19.3. The number of rotatable bonds is 4. The predicted octanol–water partition coefficient (Wildman–Crippen LogP) is 3.38. The third-order valence-electron chi connectivity index (χ3n) is 4.87. The first kappa shape index (κ1) is 20.5. The Bertz CT molecular complexity index is 1190. The maximum Gasteiger partial charge on any atom is 0.282 e. The number of amidine groups is 1. The van der Waals surface area contributed by atoms with Crippen LogP contribution in [0.2, 0.25) is 0 Å². The number of halogens is 4. The fraction of sp³-hybridized carbons (Fsp3) is 0.200. The lowest BCUT2D eigenvalue weighted by atomic mass is 9.90. The molecule has 11 heteroatoms. The number of benzene rings is 1. The quantitative estimate of drug-likeness (QED) is 0.618. The van der Waals surface area contributed by atoms with Crippen molar-refractivity contribution in [2.24, 2.45) is 10.7 Å². The van der Waals surface area contributed by atoms with Crippen LogP contribution in [0.5, 0.6) is 0 Å². The van der Waals surface area contributed by atoms with Gasteiger partial charge in [0.05, 0.1) is 12.7 Å². The van der Waals surface area contributed by atoms with Crippen LogP contribution in [0.1, 0.15) is 40.8 Å². The minimum Gasteiger partial charge on any atom is -0.382 e. The number of aliphatic imine (C=N–C) groups is 1. The van der Waals surface area contributed by atoms with Gasteiger partial charge in [0.15, 0.2) is 0 Å². The van der Waals surface area contributed by atoms with Crippen molar-refractivity contribution in [3.05, 3.63) is 76.9 Å². The standard InChI is InChI=1S/C20H16F4N6O/c1-20(9-30-16(18(25)28-20)7-15(29-30)17(23)24)12-6-11(3-4-13(12)22)27-19(31)14-5-2-10(21)8-26-14/h2-8,17H,9H2,1H3,(H2,25,28)(H,27,31)/t20-/m0/s1. The first-order chi connectivity index (χ1) is 14.7. The Morgan fingerprint density at radius 2 is 2.00 bits per heavy atom. The number of carbonyl (C=O) groups is 1. The van der Waals surface area contributed by atoms with E-state index < -0.39 is 35.2 Å². The van der Waals surface area contributed by atoms with Gasteiger partial charge in [0.2, 0.25) is 0 Å². The fourth-order valence-corrected chi connectivity index (χ4v) is 3.39. The summed E-state index contributed by atoms with van der Waals surface area (Å²) in [7, 11) is 0. The predicted molar refractivity (Wildman–Crippen MR) is 104 cm³/mol. The summed E-state index contributed by atoms with van der Waals surface area (Å²) < 4.78 is 55.0. The molecule has 7 nitrogen and oxygen atoms in total. The largest absolute Gasteiger partial charge is 0.382 e. The van der Waals surface area contributed by atoms with Gasteiger partial charge in [-0.15, -0.1) is 0 Å². The molecule has 0 bridgehead atoms. The van der Waals surface area contributed by atoms with Crippen LogP contribution in [0.4, 0.5) is 23.2 Å². The molecule has 31 heavy (non-hydrogen) atoms. The number of fused-ring (bicyclic) bond motifs is 1. The Hall–Kier alpha value is -3.76. The van der Waals surface area contributed by atoms with E-state index in [9.17, 15) is 22.4 Å². The minimum absolute atomic E-state index is 0.0286. The number of amides is 1. The average molecular weight is 432 g/mol. The summed E-state index contributed by atoms with van der Waals surface area (Å²) in [6.07, 6.45) is -1.88. The van der Waals surface area contributed by atoms with Crippen LogP contribution < -0.4 is 11.1 Å². The SMILES string of the molecule is C[C@@]1(c2cc(NC(=O)c3ccc(F)cn3)ccc2F)Cn2nc(C(F)F)cc2C(N)=N1. The molecule has 4 rings (SSSR count). The number of anilines is 1. The van der Waals surface area contributed by atoms with Crippen molar-refractivity contribution in [1.29, 1.82) is 0 Å². The van der Waals surface area contributed by atoms with E-state index in [4.69, 9.17) is 5.73 Å². The topological polar surface area (TPSA) is 98.2 Å². The number of nitrogens with two attached hydrogens (primary N) is 1. The molecule has 1 aliphatic rings. The molecule has 3 heterocycles. The zero-order valence-electron chi connectivity index (χ0n) is 16.1. The summed E-state index contributed by atoms with van der Waals surface area (Å²) in [6.45, 7) is 1.54. The molecule has 0 unspecified atom stereocenters. The first-order valence-corrected chi connectivity index (χ1v) is 9.11. The van der Waals surface area contributed by atoms with Crippen molar-refractivity contribution >= 4 is 17.4 Å². The fourth-order valence-electron chi connectivity index (χ4n) is 3.39. The molecule has 0 radical (unpaired) electrons. The second-order valence-electron chi connectivity index (χ2n) is 7.19. The van der Waals surface area contributed by atoms with Gasteiger partial charge in [0, 0.05) is 11.3 Å². The van der Waals surface area contributed by atoms with Gasteiger partial charge in [-0.3, -0.25) is 14.5 Å². The van der Waals surface area contributed by atoms with E-state index in [2.05, 4.69) is 20.4 Å². The molecule has 1 aliphatic heterocycles. The van der Waals surface area contributed by atoms with Gasteiger partial charge in [0.1, 0.15) is 40.1 Å². The zero-order valence-corrected chi connectivity index (χ0v) is 16.1. The highest BCUT2D eigenvalue weighted by Gasteiger charge is 2.36. The van der Waals surface area contributed by atoms with Crippen LogP contribution in [0.15, 0.2) is 47.6 Å². The molecule has 3 N–H and O–H groups in total. The number of nitrogens with one attached hydrogen (secondary N) is 1. The lowest BCUT2D eigenvalue weighted by Gasteiger charge is -2.31. The summed E-state index contributed by atoms with van der Waals surface area (Å²) in [6, 6.07) is 7.30. The Labute approximate surface area is 173 Å². The zero-order chi connectivity index (χ0) is 22.3. The van der Waals surface area contributed by atoms with E-state index in [-0.39, 0.29) is 35.0 Å². The Kier molecular flexibility index (Phi) is 4.96. The van der Waals surface area contributed by atoms with Crippen molar-refractivity contribution in [2.45, 2.75) is 25.4 Å². The van der Waals surface area contributed by atoms with E-state index in [1.807, 2.05) is 0 Å². The Morgan fingerprint density at radius 3 is 2.68 bits per heavy atom. The van der Waals surface area contributed by atoms with Crippen LogP contribution in [-0.2, 0) is 12.1 Å². The van der Waals surface area contributed by atoms with Crippen molar-refractivity contribution in [2.75, 3.05) is 5.32 Å². The average Bonchev–Trinajstić information content (AvgIpc) is 3.14. The number of aromatic nitrogens is 3.